The van der Waals surface area contributed by atoms with Crippen LogP contribution in [0.25, 0.3) is 0 Å². The third-order valence-electron chi connectivity index (χ3n) is 1.59. The van der Waals surface area contributed by atoms with E-state index in [0.29, 0.717) is 0 Å². The Balaban J connectivity index is 3.05. The largest absolute Gasteiger partial charge is 0.481 e. The van der Waals surface area contributed by atoms with Gasteiger partial charge in [0.15, 0.2) is 0 Å². The number of ether oxygens (including phenoxy) is 2. The number of hydrogen-bond donors (Lipinski definition) is 1. The quantitative estimate of drug-likeness (QED) is 0.818. The van der Waals surface area contributed by atoms with E-state index in [9.17, 15) is 4.79 Å². The lowest BCUT2D eigenvalue weighted by Crippen LogP contribution is -2.08. The van der Waals surface area contributed by atoms with Crippen LogP contribution in [0.1, 0.15) is 24.2 Å². The fraction of sp³-hybridized carbons (Fsp3) is 0.400. The summed E-state index contributed by atoms with van der Waals surface area (Å²) < 4.78 is 10.2. The molecule has 1 aromatic rings. The molecule has 0 atom stereocenters. The van der Waals surface area contributed by atoms with Crippen molar-refractivity contribution in [3.05, 3.63) is 17.7 Å². The minimum Gasteiger partial charge on any atom is -0.481 e. The fourth-order valence-electron chi connectivity index (χ4n) is 1.01. The fourth-order valence-corrected chi connectivity index (χ4v) is 1.01. The Kier molecular flexibility index (Phi) is 3.49. The minimum absolute atomic E-state index is 0.0637. The maximum atomic E-state index is 10.8. The van der Waals surface area contributed by atoms with Gasteiger partial charge >= 0.3 is 5.97 Å². The van der Waals surface area contributed by atoms with E-state index in [1.807, 2.05) is 13.8 Å². The van der Waals surface area contributed by atoms with Gasteiger partial charge in [-0.2, -0.15) is 4.98 Å². The minimum atomic E-state index is -1.04. The van der Waals surface area contributed by atoms with Gasteiger partial charge in [-0.05, 0) is 13.8 Å². The molecule has 1 aromatic heterocycles. The van der Waals surface area contributed by atoms with Crippen molar-refractivity contribution in [2.75, 3.05) is 7.11 Å². The zero-order valence-corrected chi connectivity index (χ0v) is 8.85. The first-order valence-electron chi connectivity index (χ1n) is 4.49. The predicted octanol–water partition coefficient (Wildman–Crippen LogP) is 1.58. The zero-order chi connectivity index (χ0) is 11.4. The van der Waals surface area contributed by atoms with Gasteiger partial charge in [-0.25, -0.2) is 4.79 Å². The lowest BCUT2D eigenvalue weighted by atomic mass is 10.2. The molecular weight excluding hydrogens is 198 g/mol. The molecule has 5 nitrogen and oxygen atoms in total. The monoisotopic (exact) mass is 211 g/mol. The van der Waals surface area contributed by atoms with Crippen LogP contribution in [0.3, 0.4) is 0 Å². The molecule has 0 unspecified atom stereocenters. The highest BCUT2D eigenvalue weighted by Crippen LogP contribution is 2.18. The number of hydrogen-bond acceptors (Lipinski definition) is 4. The van der Waals surface area contributed by atoms with Crippen LogP contribution in [-0.4, -0.2) is 29.3 Å². The molecule has 0 aliphatic carbocycles. The van der Waals surface area contributed by atoms with Gasteiger partial charge in [0, 0.05) is 12.1 Å². The third-order valence-corrected chi connectivity index (χ3v) is 1.59. The maximum absolute atomic E-state index is 10.8. The first-order valence-corrected chi connectivity index (χ1v) is 4.49. The molecule has 0 amide bonds. The maximum Gasteiger partial charge on any atom is 0.336 e. The molecule has 5 heteroatoms. The Labute approximate surface area is 87.7 Å². The van der Waals surface area contributed by atoms with Crippen molar-refractivity contribution in [1.29, 1.82) is 0 Å². The average Bonchev–Trinajstić information content (AvgIpc) is 2.16. The average molecular weight is 211 g/mol. The summed E-state index contributed by atoms with van der Waals surface area (Å²) in [5.41, 5.74) is 0.0949. The zero-order valence-electron chi connectivity index (χ0n) is 8.85. The Bertz CT molecular complexity index is 362. The highest BCUT2D eigenvalue weighted by molar-refractivity contribution is 5.88. The number of methoxy groups -OCH3 is 1. The van der Waals surface area contributed by atoms with Gasteiger partial charge in [0.05, 0.1) is 18.8 Å². The summed E-state index contributed by atoms with van der Waals surface area (Å²) in [6.45, 7) is 3.67. The second-order valence-electron chi connectivity index (χ2n) is 3.21. The molecular formula is C10H13NO4. The Morgan fingerprint density at radius 1 is 1.40 bits per heavy atom. The van der Waals surface area contributed by atoms with Crippen LogP contribution < -0.4 is 9.47 Å². The number of aromatic carboxylic acids is 1. The van der Waals surface area contributed by atoms with E-state index < -0.39 is 5.97 Å². The van der Waals surface area contributed by atoms with E-state index in [0.717, 1.165) is 0 Å². The van der Waals surface area contributed by atoms with Crippen LogP contribution in [0, 0.1) is 0 Å². The molecule has 0 aliphatic rings. The standard InChI is InChI=1S/C10H13NO4/c1-6(2)15-9-5-7(10(12)13)4-8(11-9)14-3/h4-6H,1-3H3,(H,12,13). The number of carboxylic acids is 1. The van der Waals surface area contributed by atoms with Crippen molar-refractivity contribution in [2.45, 2.75) is 20.0 Å². The summed E-state index contributed by atoms with van der Waals surface area (Å²) in [5.74, 6) is -0.559. The van der Waals surface area contributed by atoms with Crippen LogP contribution in [0.2, 0.25) is 0 Å². The number of carbonyl (C=O) groups is 1. The molecule has 82 valence electrons. The summed E-state index contributed by atoms with van der Waals surface area (Å²) in [5, 5.41) is 8.82. The van der Waals surface area contributed by atoms with Gasteiger partial charge in [0.2, 0.25) is 11.8 Å². The van der Waals surface area contributed by atoms with Gasteiger partial charge < -0.3 is 14.6 Å². The SMILES string of the molecule is COc1cc(C(=O)O)cc(OC(C)C)n1. The molecule has 0 saturated heterocycles. The molecule has 0 bridgehead atoms. The number of nitrogens with zero attached hydrogens (tertiary/aromatic N) is 1. The molecule has 0 saturated carbocycles. The molecule has 15 heavy (non-hydrogen) atoms. The molecule has 0 fully saturated rings. The summed E-state index contributed by atoms with van der Waals surface area (Å²) in [4.78, 5) is 14.7. The molecule has 0 radical (unpaired) electrons. The smallest absolute Gasteiger partial charge is 0.336 e. The van der Waals surface area contributed by atoms with Gasteiger partial charge in [-0.1, -0.05) is 0 Å². The van der Waals surface area contributed by atoms with Crippen molar-refractivity contribution in [3.8, 4) is 11.8 Å². The van der Waals surface area contributed by atoms with Crippen molar-refractivity contribution >= 4 is 5.97 Å². The van der Waals surface area contributed by atoms with E-state index in [-0.39, 0.29) is 23.4 Å². The normalized spacial score (nSPS) is 10.1. The lowest BCUT2D eigenvalue weighted by Gasteiger charge is -2.10. The molecule has 1 rings (SSSR count). The van der Waals surface area contributed by atoms with E-state index in [1.54, 1.807) is 0 Å². The third kappa shape index (κ3) is 3.12. The van der Waals surface area contributed by atoms with Gasteiger partial charge in [-0.15, -0.1) is 0 Å². The molecule has 0 aromatic carbocycles. The summed E-state index contributed by atoms with van der Waals surface area (Å²) >= 11 is 0. The summed E-state index contributed by atoms with van der Waals surface area (Å²) in [7, 11) is 1.42. The topological polar surface area (TPSA) is 68.7 Å². The summed E-state index contributed by atoms with van der Waals surface area (Å²) in [6.07, 6.45) is -0.0637. The van der Waals surface area contributed by atoms with E-state index >= 15 is 0 Å². The first kappa shape index (κ1) is 11.3. The number of pyridine rings is 1. The van der Waals surface area contributed by atoms with Crippen LogP contribution >= 0.6 is 0 Å². The van der Waals surface area contributed by atoms with Crippen molar-refractivity contribution in [2.24, 2.45) is 0 Å². The highest BCUT2D eigenvalue weighted by atomic mass is 16.5. The molecule has 0 spiro atoms. The lowest BCUT2D eigenvalue weighted by molar-refractivity contribution is 0.0695. The van der Waals surface area contributed by atoms with Crippen molar-refractivity contribution < 1.29 is 19.4 Å². The van der Waals surface area contributed by atoms with Gasteiger partial charge in [0.1, 0.15) is 0 Å². The number of aromatic nitrogens is 1. The van der Waals surface area contributed by atoms with Crippen molar-refractivity contribution in [3.63, 3.8) is 0 Å². The van der Waals surface area contributed by atoms with Gasteiger partial charge in [0.25, 0.3) is 0 Å². The number of carboxylic acid groups (broad SMARTS) is 1. The first-order chi connectivity index (χ1) is 7.02. The van der Waals surface area contributed by atoms with Crippen LogP contribution in [0.4, 0.5) is 0 Å². The molecule has 0 aliphatic heterocycles. The van der Waals surface area contributed by atoms with E-state index in [1.165, 1.54) is 19.2 Å². The predicted molar refractivity (Wildman–Crippen MR) is 53.5 cm³/mol. The Hall–Kier alpha value is -1.78. The second-order valence-corrected chi connectivity index (χ2v) is 3.21. The summed E-state index contributed by atoms with van der Waals surface area (Å²) in [6, 6.07) is 2.71. The van der Waals surface area contributed by atoms with E-state index in [4.69, 9.17) is 14.6 Å². The van der Waals surface area contributed by atoms with Crippen LogP contribution in [0.5, 0.6) is 11.8 Å². The molecule has 1 heterocycles. The Morgan fingerprint density at radius 3 is 2.47 bits per heavy atom. The Morgan fingerprint density at radius 2 is 2.00 bits per heavy atom. The van der Waals surface area contributed by atoms with E-state index in [2.05, 4.69) is 4.98 Å². The molecule has 1 N–H and O–H groups in total. The van der Waals surface area contributed by atoms with Gasteiger partial charge in [-0.3, -0.25) is 0 Å². The van der Waals surface area contributed by atoms with Crippen LogP contribution in [0.15, 0.2) is 12.1 Å². The second kappa shape index (κ2) is 4.63. The number of rotatable bonds is 4. The highest BCUT2D eigenvalue weighted by Gasteiger charge is 2.10. The van der Waals surface area contributed by atoms with Crippen LogP contribution in [-0.2, 0) is 0 Å². The van der Waals surface area contributed by atoms with Crippen molar-refractivity contribution in [1.82, 2.24) is 4.98 Å².